The highest BCUT2D eigenvalue weighted by Crippen LogP contribution is 2.34. The molecule has 0 spiro atoms. The minimum absolute atomic E-state index is 0.0829. The molecule has 0 amide bonds. The summed E-state index contributed by atoms with van der Waals surface area (Å²) >= 11 is 0. The van der Waals surface area contributed by atoms with E-state index in [1.807, 2.05) is 24.4 Å². The van der Waals surface area contributed by atoms with Crippen molar-refractivity contribution in [1.82, 2.24) is 34.1 Å². The van der Waals surface area contributed by atoms with Crippen LogP contribution in [0.15, 0.2) is 36.9 Å². The lowest BCUT2D eigenvalue weighted by Gasteiger charge is -2.44. The van der Waals surface area contributed by atoms with Gasteiger partial charge in [-0.2, -0.15) is 10.1 Å². The van der Waals surface area contributed by atoms with Crippen LogP contribution in [-0.2, 0) is 4.74 Å². The van der Waals surface area contributed by atoms with E-state index in [-0.39, 0.29) is 25.0 Å². The first-order valence-corrected chi connectivity index (χ1v) is 10.7. The van der Waals surface area contributed by atoms with E-state index in [2.05, 4.69) is 25.5 Å². The second-order valence-corrected chi connectivity index (χ2v) is 8.36. The Morgan fingerprint density at radius 3 is 2.85 bits per heavy atom. The van der Waals surface area contributed by atoms with Gasteiger partial charge in [-0.1, -0.05) is 0 Å². The first kappa shape index (κ1) is 20.2. The van der Waals surface area contributed by atoms with Crippen molar-refractivity contribution < 1.29 is 18.3 Å². The van der Waals surface area contributed by atoms with Crippen LogP contribution in [0.25, 0.3) is 22.3 Å². The Kier molecular flexibility index (Phi) is 4.66. The van der Waals surface area contributed by atoms with Crippen LogP contribution < -0.4 is 10.1 Å². The molecule has 6 heterocycles. The van der Waals surface area contributed by atoms with Crippen molar-refractivity contribution in [2.75, 3.05) is 38.7 Å². The number of pyridine rings is 1. The van der Waals surface area contributed by atoms with E-state index in [0.717, 1.165) is 16.8 Å². The van der Waals surface area contributed by atoms with E-state index < -0.39 is 12.0 Å². The average molecular weight is 456 g/mol. The summed E-state index contributed by atoms with van der Waals surface area (Å²) in [5, 5.41) is 11.5. The molecule has 33 heavy (non-hydrogen) atoms. The summed E-state index contributed by atoms with van der Waals surface area (Å²) in [4.78, 5) is 10.4. The Balaban J connectivity index is 1.30. The smallest absolute Gasteiger partial charge is 0.280 e. The molecule has 172 valence electrons. The minimum atomic E-state index is -2.92. The number of fused-ring (bicyclic) bond motifs is 2. The molecule has 4 aromatic rings. The lowest BCUT2D eigenvalue weighted by atomic mass is 9.98. The van der Waals surface area contributed by atoms with Gasteiger partial charge in [-0.3, -0.25) is 4.90 Å². The SMILES string of the molecule is COc1nc(NC2CCN(C3COC3)CC2(F)F)nn2ccc(-c3ccc4ncnn4c3)c12. The molecular formula is C21H22F2N8O2. The molecule has 1 N–H and O–H groups in total. The highest BCUT2D eigenvalue weighted by molar-refractivity contribution is 5.84. The largest absolute Gasteiger partial charge is 0.479 e. The van der Waals surface area contributed by atoms with E-state index >= 15 is 0 Å². The molecule has 1 atom stereocenters. The van der Waals surface area contributed by atoms with Gasteiger partial charge in [0.25, 0.3) is 5.92 Å². The summed E-state index contributed by atoms with van der Waals surface area (Å²) in [5.74, 6) is -2.54. The zero-order valence-corrected chi connectivity index (χ0v) is 17.9. The number of anilines is 1. The van der Waals surface area contributed by atoms with Crippen molar-refractivity contribution in [3.05, 3.63) is 36.9 Å². The number of halogens is 2. The van der Waals surface area contributed by atoms with Crippen LogP contribution in [0.5, 0.6) is 5.88 Å². The molecule has 0 aromatic carbocycles. The van der Waals surface area contributed by atoms with Gasteiger partial charge in [0.1, 0.15) is 11.8 Å². The van der Waals surface area contributed by atoms with E-state index in [9.17, 15) is 8.78 Å². The second-order valence-electron chi connectivity index (χ2n) is 8.36. The predicted octanol–water partition coefficient (Wildman–Crippen LogP) is 1.97. The summed E-state index contributed by atoms with van der Waals surface area (Å²) in [5.41, 5.74) is 3.07. The van der Waals surface area contributed by atoms with Gasteiger partial charge < -0.3 is 14.8 Å². The summed E-state index contributed by atoms with van der Waals surface area (Å²) in [6, 6.07) is 4.68. The molecule has 2 aliphatic heterocycles. The fourth-order valence-corrected chi connectivity index (χ4v) is 4.45. The van der Waals surface area contributed by atoms with Gasteiger partial charge in [0, 0.05) is 30.1 Å². The first-order valence-electron chi connectivity index (χ1n) is 10.7. The molecule has 0 bridgehead atoms. The van der Waals surface area contributed by atoms with Crippen molar-refractivity contribution in [2.45, 2.75) is 24.4 Å². The average Bonchev–Trinajstić information content (AvgIpc) is 3.39. The molecule has 2 fully saturated rings. The first-order chi connectivity index (χ1) is 16.0. The summed E-state index contributed by atoms with van der Waals surface area (Å²) < 4.78 is 43.7. The van der Waals surface area contributed by atoms with E-state index in [1.54, 1.807) is 20.1 Å². The number of alkyl halides is 2. The van der Waals surface area contributed by atoms with Crippen molar-refractivity contribution in [3.63, 3.8) is 0 Å². The number of hydrogen-bond acceptors (Lipinski definition) is 8. The van der Waals surface area contributed by atoms with Crippen molar-refractivity contribution in [3.8, 4) is 17.0 Å². The fraction of sp³-hybridized carbons (Fsp3) is 0.429. The van der Waals surface area contributed by atoms with Crippen LogP contribution in [0.2, 0.25) is 0 Å². The van der Waals surface area contributed by atoms with Gasteiger partial charge >= 0.3 is 0 Å². The van der Waals surface area contributed by atoms with E-state index in [4.69, 9.17) is 9.47 Å². The maximum Gasteiger partial charge on any atom is 0.280 e. The number of nitrogens with zero attached hydrogens (tertiary/aromatic N) is 7. The predicted molar refractivity (Wildman–Crippen MR) is 115 cm³/mol. The lowest BCUT2D eigenvalue weighted by Crippen LogP contribution is -2.61. The van der Waals surface area contributed by atoms with Crippen LogP contribution >= 0.6 is 0 Å². The molecular weight excluding hydrogens is 434 g/mol. The molecule has 6 rings (SSSR count). The Hall–Kier alpha value is -3.38. The number of ether oxygens (including phenoxy) is 2. The van der Waals surface area contributed by atoms with Crippen molar-refractivity contribution in [2.24, 2.45) is 0 Å². The maximum atomic E-state index is 14.9. The normalized spacial score (nSPS) is 21.4. The quantitative estimate of drug-likeness (QED) is 0.487. The molecule has 10 nitrogen and oxygen atoms in total. The molecule has 0 aliphatic carbocycles. The van der Waals surface area contributed by atoms with Crippen LogP contribution in [0.3, 0.4) is 0 Å². The third-order valence-electron chi connectivity index (χ3n) is 6.33. The molecule has 12 heteroatoms. The Labute approximate surface area is 187 Å². The van der Waals surface area contributed by atoms with Crippen LogP contribution in [0, 0.1) is 0 Å². The maximum absolute atomic E-state index is 14.9. The zero-order chi connectivity index (χ0) is 22.6. The molecule has 0 saturated carbocycles. The standard InChI is InChI=1S/C21H22F2N8O2/c1-32-19-18-15(13-2-3-17-24-12-25-31(17)8-13)4-7-30(18)28-20(27-19)26-16-5-6-29(11-21(16,22)23)14-9-33-10-14/h2-4,7-8,12,14,16H,5-6,9-11H2,1H3,(H,26,28). The highest BCUT2D eigenvalue weighted by atomic mass is 19.3. The number of rotatable bonds is 5. The minimum Gasteiger partial charge on any atom is -0.479 e. The Bertz CT molecular complexity index is 1320. The summed E-state index contributed by atoms with van der Waals surface area (Å²) in [7, 11) is 1.50. The molecule has 2 saturated heterocycles. The Morgan fingerprint density at radius 1 is 1.21 bits per heavy atom. The third kappa shape index (κ3) is 3.45. The number of hydrogen-bond donors (Lipinski definition) is 1. The number of likely N-dealkylation sites (tertiary alicyclic amines) is 1. The Morgan fingerprint density at radius 2 is 2.09 bits per heavy atom. The van der Waals surface area contributed by atoms with Gasteiger partial charge in [-0.15, -0.1) is 5.10 Å². The number of piperidine rings is 1. The molecule has 4 aromatic heterocycles. The molecule has 0 radical (unpaired) electrons. The number of nitrogens with one attached hydrogen (secondary N) is 1. The highest BCUT2D eigenvalue weighted by Gasteiger charge is 2.47. The van der Waals surface area contributed by atoms with Crippen molar-refractivity contribution >= 4 is 17.1 Å². The lowest BCUT2D eigenvalue weighted by molar-refractivity contribution is -0.131. The topological polar surface area (TPSA) is 94.1 Å². The van der Waals surface area contributed by atoms with E-state index in [0.29, 0.717) is 31.2 Å². The number of aromatic nitrogens is 6. The fourth-order valence-electron chi connectivity index (χ4n) is 4.45. The second kappa shape index (κ2) is 7.59. The number of methoxy groups -OCH3 is 1. The zero-order valence-electron chi connectivity index (χ0n) is 17.9. The molecule has 2 aliphatic rings. The van der Waals surface area contributed by atoms with Gasteiger partial charge in [-0.25, -0.2) is 22.8 Å². The van der Waals surface area contributed by atoms with Gasteiger partial charge in [0.2, 0.25) is 11.8 Å². The van der Waals surface area contributed by atoms with Crippen LogP contribution in [0.1, 0.15) is 6.42 Å². The van der Waals surface area contributed by atoms with Crippen LogP contribution in [-0.4, -0.2) is 85.5 Å². The summed E-state index contributed by atoms with van der Waals surface area (Å²) in [6.07, 6.45) is 5.37. The monoisotopic (exact) mass is 456 g/mol. The summed E-state index contributed by atoms with van der Waals surface area (Å²) in [6.45, 7) is 1.30. The third-order valence-corrected chi connectivity index (χ3v) is 6.33. The van der Waals surface area contributed by atoms with E-state index in [1.165, 1.54) is 13.4 Å². The molecule has 1 unspecified atom stereocenters. The van der Waals surface area contributed by atoms with Gasteiger partial charge in [-0.05, 0) is 24.6 Å². The van der Waals surface area contributed by atoms with Crippen LogP contribution in [0.4, 0.5) is 14.7 Å². The van der Waals surface area contributed by atoms with Gasteiger partial charge in [0.05, 0.1) is 39.0 Å². The van der Waals surface area contributed by atoms with Crippen molar-refractivity contribution in [1.29, 1.82) is 0 Å². The van der Waals surface area contributed by atoms with Gasteiger partial charge in [0.15, 0.2) is 5.65 Å².